The predicted octanol–water partition coefficient (Wildman–Crippen LogP) is 0.964. The summed E-state index contributed by atoms with van der Waals surface area (Å²) in [5.41, 5.74) is -0.0763. The zero-order valence-corrected chi connectivity index (χ0v) is 11.4. The molecular weight excluding hydrogens is 216 g/mol. The number of carbonyl (C=O) groups is 1. The van der Waals surface area contributed by atoms with Gasteiger partial charge in [0.05, 0.1) is 6.54 Å². The number of amides is 1. The Hall–Kier alpha value is -0.610. The summed E-state index contributed by atoms with van der Waals surface area (Å²) in [5.74, 6) is 0.826. The minimum atomic E-state index is -0.0763. The lowest BCUT2D eigenvalue weighted by atomic mass is 9.90. The molecule has 2 aliphatic rings. The Kier molecular flexibility index (Phi) is 3.46. The Labute approximate surface area is 104 Å². The van der Waals surface area contributed by atoms with E-state index >= 15 is 0 Å². The Morgan fingerprint density at radius 3 is 2.41 bits per heavy atom. The average molecular weight is 240 g/mol. The first-order valence-electron chi connectivity index (χ1n) is 6.58. The van der Waals surface area contributed by atoms with Gasteiger partial charge in [0.1, 0.15) is 12.2 Å². The molecule has 0 bridgehead atoms. The van der Waals surface area contributed by atoms with Gasteiger partial charge in [-0.15, -0.1) is 0 Å². The van der Waals surface area contributed by atoms with Gasteiger partial charge in [0.15, 0.2) is 0 Å². The van der Waals surface area contributed by atoms with Gasteiger partial charge >= 0.3 is 0 Å². The monoisotopic (exact) mass is 240 g/mol. The second-order valence-electron chi connectivity index (χ2n) is 6.15. The van der Waals surface area contributed by atoms with E-state index in [1.807, 2.05) is 4.90 Å². The minimum Gasteiger partial charge on any atom is -0.361 e. The van der Waals surface area contributed by atoms with E-state index in [0.29, 0.717) is 5.92 Å². The number of hydrogen-bond donors (Lipinski definition) is 0. The summed E-state index contributed by atoms with van der Waals surface area (Å²) in [6.45, 7) is 12.7. The molecule has 0 aromatic carbocycles. The molecule has 17 heavy (non-hydrogen) atoms. The summed E-state index contributed by atoms with van der Waals surface area (Å²) in [6, 6.07) is 0.280. The highest BCUT2D eigenvalue weighted by Gasteiger charge is 2.49. The zero-order chi connectivity index (χ0) is 12.6. The number of likely N-dealkylation sites (tertiary alicyclic amines) is 1. The van der Waals surface area contributed by atoms with E-state index in [2.05, 4.69) is 32.6 Å². The molecule has 0 aromatic heterocycles. The van der Waals surface area contributed by atoms with Gasteiger partial charge in [0.25, 0.3) is 0 Å². The molecular formula is C13H24N2O2. The fourth-order valence-corrected chi connectivity index (χ4v) is 2.82. The van der Waals surface area contributed by atoms with Crippen LogP contribution in [0.4, 0.5) is 0 Å². The highest BCUT2D eigenvalue weighted by molar-refractivity contribution is 5.78. The van der Waals surface area contributed by atoms with Crippen molar-refractivity contribution in [2.24, 2.45) is 5.92 Å². The van der Waals surface area contributed by atoms with Crippen molar-refractivity contribution < 1.29 is 9.53 Å². The third kappa shape index (κ3) is 2.63. The maximum absolute atomic E-state index is 11.7. The van der Waals surface area contributed by atoms with E-state index in [4.69, 9.17) is 4.74 Å². The summed E-state index contributed by atoms with van der Waals surface area (Å²) < 4.78 is 5.77. The molecule has 0 unspecified atom stereocenters. The third-order valence-electron chi connectivity index (χ3n) is 3.55. The number of morpholine rings is 1. The van der Waals surface area contributed by atoms with E-state index in [0.717, 1.165) is 26.2 Å². The highest BCUT2D eigenvalue weighted by Crippen LogP contribution is 2.30. The smallest absolute Gasteiger partial charge is 0.248 e. The van der Waals surface area contributed by atoms with E-state index in [1.54, 1.807) is 0 Å². The summed E-state index contributed by atoms with van der Waals surface area (Å²) in [7, 11) is 0. The molecule has 0 aliphatic carbocycles. The lowest BCUT2D eigenvalue weighted by molar-refractivity contribution is -0.198. The highest BCUT2D eigenvalue weighted by atomic mass is 16.5. The van der Waals surface area contributed by atoms with Gasteiger partial charge in [0, 0.05) is 25.7 Å². The maximum atomic E-state index is 11.7. The van der Waals surface area contributed by atoms with Crippen LogP contribution in [0.15, 0.2) is 0 Å². The number of ether oxygens (including phenoxy) is 1. The van der Waals surface area contributed by atoms with Crippen molar-refractivity contribution in [2.45, 2.75) is 39.3 Å². The molecule has 0 N–H and O–H groups in total. The maximum Gasteiger partial charge on any atom is 0.248 e. The van der Waals surface area contributed by atoms with Crippen LogP contribution >= 0.6 is 0 Å². The summed E-state index contributed by atoms with van der Waals surface area (Å²) >= 11 is 0. The number of carbonyl (C=O) groups excluding carboxylic acids is 1. The largest absolute Gasteiger partial charge is 0.361 e. The van der Waals surface area contributed by atoms with Crippen molar-refractivity contribution in [1.82, 2.24) is 9.80 Å². The first kappa shape index (κ1) is 12.8. The van der Waals surface area contributed by atoms with Crippen LogP contribution in [0.3, 0.4) is 0 Å². The normalized spacial score (nSPS) is 24.8. The molecule has 2 heterocycles. The molecule has 0 aromatic rings. The first-order valence-corrected chi connectivity index (χ1v) is 6.58. The quantitative estimate of drug-likeness (QED) is 0.737. The SMILES string of the molecule is CC(C)CN1CC2(C1)CN(C(C)C)C(=O)CO2. The van der Waals surface area contributed by atoms with Crippen LogP contribution in [0.1, 0.15) is 27.7 Å². The molecule has 2 rings (SSSR count). The Balaban J connectivity index is 1.90. The van der Waals surface area contributed by atoms with Crippen LogP contribution in [0.2, 0.25) is 0 Å². The van der Waals surface area contributed by atoms with Gasteiger partial charge in [0.2, 0.25) is 5.91 Å². The van der Waals surface area contributed by atoms with Gasteiger partial charge in [-0.05, 0) is 19.8 Å². The van der Waals surface area contributed by atoms with Crippen molar-refractivity contribution in [1.29, 1.82) is 0 Å². The van der Waals surface area contributed by atoms with E-state index < -0.39 is 0 Å². The fourth-order valence-electron chi connectivity index (χ4n) is 2.82. The molecule has 4 nitrogen and oxygen atoms in total. The summed E-state index contributed by atoms with van der Waals surface area (Å²) in [4.78, 5) is 16.1. The number of rotatable bonds is 3. The van der Waals surface area contributed by atoms with Gasteiger partial charge in [-0.1, -0.05) is 13.8 Å². The second-order valence-corrected chi connectivity index (χ2v) is 6.15. The average Bonchev–Trinajstić information content (AvgIpc) is 2.17. The van der Waals surface area contributed by atoms with Crippen LogP contribution in [0, 0.1) is 5.92 Å². The number of hydrogen-bond acceptors (Lipinski definition) is 3. The van der Waals surface area contributed by atoms with Crippen molar-refractivity contribution in [3.63, 3.8) is 0 Å². The molecule has 0 radical (unpaired) electrons. The van der Waals surface area contributed by atoms with Gasteiger partial charge in [-0.25, -0.2) is 0 Å². The zero-order valence-electron chi connectivity index (χ0n) is 11.4. The fraction of sp³-hybridized carbons (Fsp3) is 0.923. The van der Waals surface area contributed by atoms with Crippen LogP contribution in [-0.4, -0.2) is 60.1 Å². The number of nitrogens with zero attached hydrogens (tertiary/aromatic N) is 2. The van der Waals surface area contributed by atoms with E-state index in [-0.39, 0.29) is 24.2 Å². The van der Waals surface area contributed by atoms with E-state index in [9.17, 15) is 4.79 Å². The van der Waals surface area contributed by atoms with Gasteiger partial charge in [-0.2, -0.15) is 0 Å². The van der Waals surface area contributed by atoms with Crippen molar-refractivity contribution in [3.05, 3.63) is 0 Å². The standard InChI is InChI=1S/C13H24N2O2/c1-10(2)5-14-7-13(8-14)9-15(11(3)4)12(16)6-17-13/h10-11H,5-9H2,1-4H3. The third-order valence-corrected chi connectivity index (χ3v) is 3.55. The lowest BCUT2D eigenvalue weighted by Gasteiger charge is -2.54. The minimum absolute atomic E-state index is 0.0763. The topological polar surface area (TPSA) is 32.8 Å². The second kappa shape index (κ2) is 4.58. The van der Waals surface area contributed by atoms with Crippen molar-refractivity contribution in [2.75, 3.05) is 32.8 Å². The van der Waals surface area contributed by atoms with E-state index in [1.165, 1.54) is 0 Å². The molecule has 1 spiro atoms. The van der Waals surface area contributed by atoms with Crippen LogP contribution < -0.4 is 0 Å². The molecule has 2 saturated heterocycles. The molecule has 4 heteroatoms. The van der Waals surface area contributed by atoms with Crippen molar-refractivity contribution >= 4 is 5.91 Å². The van der Waals surface area contributed by atoms with Gasteiger partial charge < -0.3 is 9.64 Å². The molecule has 0 saturated carbocycles. The summed E-state index contributed by atoms with van der Waals surface area (Å²) in [6.07, 6.45) is 0. The Bertz CT molecular complexity index is 296. The molecule has 2 aliphatic heterocycles. The van der Waals surface area contributed by atoms with Crippen LogP contribution in [0.5, 0.6) is 0 Å². The summed E-state index contributed by atoms with van der Waals surface area (Å²) in [5, 5.41) is 0. The molecule has 0 atom stereocenters. The van der Waals surface area contributed by atoms with Crippen LogP contribution in [-0.2, 0) is 9.53 Å². The lowest BCUT2D eigenvalue weighted by Crippen LogP contribution is -2.71. The molecule has 1 amide bonds. The van der Waals surface area contributed by atoms with Gasteiger partial charge in [-0.3, -0.25) is 9.69 Å². The molecule has 98 valence electrons. The molecule has 2 fully saturated rings. The predicted molar refractivity (Wildman–Crippen MR) is 66.8 cm³/mol. The van der Waals surface area contributed by atoms with Crippen molar-refractivity contribution in [3.8, 4) is 0 Å². The Morgan fingerprint density at radius 1 is 1.24 bits per heavy atom. The Morgan fingerprint density at radius 2 is 1.88 bits per heavy atom. The van der Waals surface area contributed by atoms with Crippen LogP contribution in [0.25, 0.3) is 0 Å². The first-order chi connectivity index (χ1) is 7.92.